The van der Waals surface area contributed by atoms with E-state index in [4.69, 9.17) is 0 Å². The molecule has 0 aliphatic rings. The molecule has 0 saturated heterocycles. The van der Waals surface area contributed by atoms with Gasteiger partial charge in [0.15, 0.2) is 6.10 Å². The topological polar surface area (TPSA) is 177 Å². The van der Waals surface area contributed by atoms with Crippen LogP contribution in [0.2, 0.25) is 0 Å². The van der Waals surface area contributed by atoms with E-state index in [2.05, 4.69) is 14.5 Å². The summed E-state index contributed by atoms with van der Waals surface area (Å²) in [5.41, 5.74) is 0. The van der Waals surface area contributed by atoms with Crippen molar-refractivity contribution in [3.05, 3.63) is 30.3 Å². The van der Waals surface area contributed by atoms with Crippen molar-refractivity contribution in [2.75, 3.05) is 0 Å². The van der Waals surface area contributed by atoms with Gasteiger partial charge in [-0.25, -0.2) is 9.68 Å². The quantitative estimate of drug-likeness (QED) is 0.323. The van der Waals surface area contributed by atoms with Gasteiger partial charge in [-0.2, -0.15) is 0 Å². The average Bonchev–Trinajstić information content (AvgIpc) is 2.10. The Morgan fingerprint density at radius 1 is 1.12 bits per heavy atom. The minimum atomic E-state index is -3.52. The van der Waals surface area contributed by atoms with E-state index in [9.17, 15) is 35.4 Å². The summed E-state index contributed by atoms with van der Waals surface area (Å²) in [4.78, 5) is 40.8. The van der Waals surface area contributed by atoms with E-state index >= 15 is 0 Å². The zero-order valence-corrected chi connectivity index (χ0v) is 8.25. The fraction of sp³-hybridized carbons (Fsp3) is 1.00. The third-order valence-electron chi connectivity index (χ3n) is 1.40. The number of nitrogens with zero attached hydrogens (tertiary/aromatic N) is 3. The van der Waals surface area contributed by atoms with Gasteiger partial charge in [0.05, 0.1) is 0 Å². The van der Waals surface area contributed by atoms with Gasteiger partial charge in [-0.05, 0) is 6.42 Å². The zero-order chi connectivity index (χ0) is 13.6. The summed E-state index contributed by atoms with van der Waals surface area (Å²) in [6.07, 6.45) is -2.51. The third kappa shape index (κ3) is 4.74. The second-order valence-electron chi connectivity index (χ2n) is 2.49. The summed E-state index contributed by atoms with van der Waals surface area (Å²) in [5, 5.41) is 34.7. The molecular formula is C4H7N3O10. The maximum absolute atomic E-state index is 10.0. The molecular weight excluding hydrogens is 250 g/mol. The first kappa shape index (κ1) is 14.6. The van der Waals surface area contributed by atoms with Crippen molar-refractivity contribution in [3.8, 4) is 0 Å². The Morgan fingerprint density at radius 2 is 1.53 bits per heavy atom. The molecule has 0 fully saturated rings. The van der Waals surface area contributed by atoms with Crippen LogP contribution in [0.25, 0.3) is 0 Å². The van der Waals surface area contributed by atoms with Gasteiger partial charge in [0.25, 0.3) is 15.3 Å². The SMILES string of the molecule is CCC(O[N+](=O)[O-])C(O)(O[N+](=O)[O-])O[N+](=O)[O-]. The Hall–Kier alpha value is -2.44. The molecule has 1 unspecified atom stereocenters. The highest BCUT2D eigenvalue weighted by atomic mass is 17.1. The predicted molar refractivity (Wildman–Crippen MR) is 43.3 cm³/mol. The van der Waals surface area contributed by atoms with Crippen LogP contribution in [-0.2, 0) is 14.5 Å². The van der Waals surface area contributed by atoms with Crippen molar-refractivity contribution in [3.63, 3.8) is 0 Å². The molecule has 0 aromatic heterocycles. The van der Waals surface area contributed by atoms with Gasteiger partial charge in [0, 0.05) is 0 Å². The highest BCUT2D eigenvalue weighted by Gasteiger charge is 2.47. The summed E-state index contributed by atoms with van der Waals surface area (Å²) >= 11 is 0. The van der Waals surface area contributed by atoms with E-state index in [1.54, 1.807) is 0 Å². The van der Waals surface area contributed by atoms with E-state index in [1.807, 2.05) is 0 Å². The Kier molecular flexibility index (Phi) is 4.79. The normalized spacial score (nSPS) is 12.4. The van der Waals surface area contributed by atoms with Crippen LogP contribution in [0.1, 0.15) is 13.3 Å². The third-order valence-corrected chi connectivity index (χ3v) is 1.40. The summed E-state index contributed by atoms with van der Waals surface area (Å²) in [5.74, 6) is -3.52. The molecule has 0 aliphatic heterocycles. The first-order chi connectivity index (χ1) is 7.71. The molecule has 0 heterocycles. The molecule has 0 bridgehead atoms. The Balaban J connectivity index is 5.02. The fourth-order valence-corrected chi connectivity index (χ4v) is 0.851. The molecule has 1 atom stereocenters. The second-order valence-corrected chi connectivity index (χ2v) is 2.49. The van der Waals surface area contributed by atoms with E-state index in [-0.39, 0.29) is 0 Å². The van der Waals surface area contributed by atoms with Gasteiger partial charge in [0.2, 0.25) is 0 Å². The van der Waals surface area contributed by atoms with Gasteiger partial charge in [-0.15, -0.1) is 30.3 Å². The lowest BCUT2D eigenvalue weighted by Crippen LogP contribution is -2.51. The van der Waals surface area contributed by atoms with Gasteiger partial charge >= 0.3 is 5.97 Å². The van der Waals surface area contributed by atoms with Crippen molar-refractivity contribution >= 4 is 0 Å². The standard InChI is InChI=1S/C4H7N3O10/c1-2-3(15-5(9)10)4(8,16-6(11)12)17-7(13)14/h3,8H,2H2,1H3. The maximum Gasteiger partial charge on any atom is 0.390 e. The van der Waals surface area contributed by atoms with Crippen molar-refractivity contribution in [2.24, 2.45) is 0 Å². The smallest absolute Gasteiger partial charge is 0.344 e. The molecule has 1 N–H and O–H groups in total. The highest BCUT2D eigenvalue weighted by Crippen LogP contribution is 2.21. The predicted octanol–water partition coefficient (Wildman–Crippen LogP) is -0.964. The van der Waals surface area contributed by atoms with Gasteiger partial charge in [-0.1, -0.05) is 6.92 Å². The summed E-state index contributed by atoms with van der Waals surface area (Å²) < 4.78 is 0. The molecule has 0 saturated carbocycles. The largest absolute Gasteiger partial charge is 0.390 e. The van der Waals surface area contributed by atoms with E-state index < -0.39 is 33.8 Å². The van der Waals surface area contributed by atoms with Crippen LogP contribution < -0.4 is 0 Å². The molecule has 0 aromatic rings. The van der Waals surface area contributed by atoms with Crippen molar-refractivity contribution in [1.29, 1.82) is 0 Å². The van der Waals surface area contributed by atoms with Crippen LogP contribution in [0, 0.1) is 30.3 Å². The number of aliphatic hydroxyl groups is 1. The van der Waals surface area contributed by atoms with Crippen LogP contribution in [0.5, 0.6) is 0 Å². The molecule has 0 aromatic carbocycles. The van der Waals surface area contributed by atoms with Crippen molar-refractivity contribution in [1.82, 2.24) is 0 Å². The molecule has 17 heavy (non-hydrogen) atoms. The maximum atomic E-state index is 10.0. The minimum absolute atomic E-state index is 0.431. The fourth-order valence-electron chi connectivity index (χ4n) is 0.851. The molecule has 13 nitrogen and oxygen atoms in total. The van der Waals surface area contributed by atoms with Crippen LogP contribution in [-0.4, -0.2) is 32.4 Å². The van der Waals surface area contributed by atoms with Crippen LogP contribution >= 0.6 is 0 Å². The summed E-state index contributed by atoms with van der Waals surface area (Å²) in [7, 11) is 0. The molecule has 0 spiro atoms. The average molecular weight is 257 g/mol. The minimum Gasteiger partial charge on any atom is -0.344 e. The van der Waals surface area contributed by atoms with E-state index in [0.717, 1.165) is 0 Å². The first-order valence-electron chi connectivity index (χ1n) is 3.91. The van der Waals surface area contributed by atoms with Crippen molar-refractivity contribution in [2.45, 2.75) is 25.4 Å². The van der Waals surface area contributed by atoms with Gasteiger partial charge < -0.3 is 9.94 Å². The van der Waals surface area contributed by atoms with E-state index in [0.29, 0.717) is 0 Å². The van der Waals surface area contributed by atoms with Crippen LogP contribution in [0.4, 0.5) is 0 Å². The Morgan fingerprint density at radius 3 is 1.76 bits per heavy atom. The Labute approximate surface area is 91.8 Å². The molecule has 0 aliphatic carbocycles. The van der Waals surface area contributed by atoms with Crippen LogP contribution in [0.3, 0.4) is 0 Å². The summed E-state index contributed by atoms with van der Waals surface area (Å²) in [6, 6.07) is 0. The van der Waals surface area contributed by atoms with Gasteiger partial charge in [-0.3, -0.25) is 0 Å². The van der Waals surface area contributed by atoms with E-state index in [1.165, 1.54) is 6.92 Å². The number of hydrogen-bond acceptors (Lipinski definition) is 10. The molecule has 0 rings (SSSR count). The summed E-state index contributed by atoms with van der Waals surface area (Å²) in [6.45, 7) is 1.19. The number of rotatable bonds is 8. The molecule has 13 heteroatoms. The lowest BCUT2D eigenvalue weighted by molar-refractivity contribution is -0.910. The molecule has 0 radical (unpaired) electrons. The lowest BCUT2D eigenvalue weighted by atomic mass is 10.2. The van der Waals surface area contributed by atoms with Gasteiger partial charge in [0.1, 0.15) is 0 Å². The Bertz CT molecular complexity index is 301. The highest BCUT2D eigenvalue weighted by molar-refractivity contribution is 4.63. The lowest BCUT2D eigenvalue weighted by Gasteiger charge is -2.28. The zero-order valence-electron chi connectivity index (χ0n) is 8.25. The molecule has 0 amide bonds. The first-order valence-corrected chi connectivity index (χ1v) is 3.91. The number of hydrogen-bond donors (Lipinski definition) is 1. The monoisotopic (exact) mass is 257 g/mol. The second kappa shape index (κ2) is 5.59. The van der Waals surface area contributed by atoms with Crippen molar-refractivity contribution < 1.29 is 34.9 Å². The molecule has 98 valence electrons. The van der Waals surface area contributed by atoms with Crippen LogP contribution in [0.15, 0.2) is 0 Å².